The highest BCUT2D eigenvalue weighted by atomic mass is 32.1. The Bertz CT molecular complexity index is 439. The molecule has 4 atom stereocenters. The van der Waals surface area contributed by atoms with Crippen molar-refractivity contribution >= 4 is 18.8 Å². The van der Waals surface area contributed by atoms with E-state index in [0.29, 0.717) is 11.8 Å². The quantitative estimate of drug-likeness (QED) is 0.618. The van der Waals surface area contributed by atoms with Gasteiger partial charge >= 0.3 is 5.97 Å². The molecule has 0 aromatic heterocycles. The van der Waals surface area contributed by atoms with Crippen molar-refractivity contribution < 1.29 is 19.1 Å². The number of nitrogens with one attached hydrogen (secondary N) is 1. The first-order chi connectivity index (χ1) is 9.21. The Morgan fingerprint density at radius 2 is 2.05 bits per heavy atom. The van der Waals surface area contributed by atoms with Crippen LogP contribution < -0.4 is 4.89 Å². The van der Waals surface area contributed by atoms with Gasteiger partial charge in [-0.3, -0.25) is 4.79 Å². The molecule has 1 heterocycles. The van der Waals surface area contributed by atoms with Crippen LogP contribution in [0.15, 0.2) is 0 Å². The predicted octanol–water partition coefficient (Wildman–Crippen LogP) is 2.23. The fourth-order valence-corrected chi connectivity index (χ4v) is 4.72. The summed E-state index contributed by atoms with van der Waals surface area (Å²) in [5.74, 6) is -0.0185. The number of hydrogen-bond acceptors (Lipinski definition) is 6. The highest BCUT2D eigenvalue weighted by molar-refractivity contribution is 7.77. The maximum Gasteiger partial charge on any atom is 0.328 e. The van der Waals surface area contributed by atoms with Gasteiger partial charge < -0.3 is 14.3 Å². The van der Waals surface area contributed by atoms with Crippen LogP contribution in [0.5, 0.6) is 0 Å². The Labute approximate surface area is 125 Å². The zero-order chi connectivity index (χ0) is 14.8. The molecule has 0 aromatic carbocycles. The van der Waals surface area contributed by atoms with Crippen LogP contribution in [0.25, 0.3) is 0 Å². The molecule has 20 heavy (non-hydrogen) atoms. The number of thiol groups is 1. The Balaban J connectivity index is 1.91. The number of hydrogen-bond donors (Lipinski definition) is 2. The average molecular weight is 301 g/mol. The largest absolute Gasteiger partial charge is 0.360 e. The summed E-state index contributed by atoms with van der Waals surface area (Å²) in [5, 5.41) is 0. The van der Waals surface area contributed by atoms with Gasteiger partial charge in [0.1, 0.15) is 5.60 Å². The first-order valence-electron chi connectivity index (χ1n) is 7.18. The Kier molecular flexibility index (Phi) is 3.18. The Morgan fingerprint density at radius 1 is 1.35 bits per heavy atom. The predicted molar refractivity (Wildman–Crippen MR) is 75.6 cm³/mol. The Hall–Kier alpha value is -0.300. The van der Waals surface area contributed by atoms with Gasteiger partial charge in [0.15, 0.2) is 5.79 Å². The topological polar surface area (TPSA) is 56.8 Å². The lowest BCUT2D eigenvalue weighted by molar-refractivity contribution is -0.234. The summed E-state index contributed by atoms with van der Waals surface area (Å²) >= 11 is 3.71. The molecule has 0 amide bonds. The van der Waals surface area contributed by atoms with E-state index in [-0.39, 0.29) is 23.9 Å². The summed E-state index contributed by atoms with van der Waals surface area (Å²) < 4.78 is 12.3. The van der Waals surface area contributed by atoms with Gasteiger partial charge in [0.25, 0.3) is 0 Å². The summed E-state index contributed by atoms with van der Waals surface area (Å²) in [6.45, 7) is 8.36. The monoisotopic (exact) mass is 301 g/mol. The molecule has 6 heteroatoms. The zero-order valence-electron chi connectivity index (χ0n) is 12.4. The molecule has 1 saturated heterocycles. The molecule has 3 unspecified atom stereocenters. The van der Waals surface area contributed by atoms with E-state index in [9.17, 15) is 4.79 Å². The molecule has 0 aromatic rings. The molecule has 114 valence electrons. The zero-order valence-corrected chi connectivity index (χ0v) is 13.3. The molecule has 4 fully saturated rings. The van der Waals surface area contributed by atoms with E-state index in [1.165, 1.54) is 0 Å². The van der Waals surface area contributed by atoms with E-state index < -0.39 is 11.4 Å². The van der Waals surface area contributed by atoms with Gasteiger partial charge in [-0.2, -0.15) is 0 Å². The van der Waals surface area contributed by atoms with E-state index in [2.05, 4.69) is 31.5 Å². The fraction of sp³-hybridized carbons (Fsp3) is 0.929. The molecule has 2 bridgehead atoms. The van der Waals surface area contributed by atoms with Crippen LogP contribution in [0.2, 0.25) is 0 Å². The summed E-state index contributed by atoms with van der Waals surface area (Å²) in [5.41, 5.74) is -0.377. The van der Waals surface area contributed by atoms with Gasteiger partial charge in [-0.1, -0.05) is 31.5 Å². The standard InChI is InChI=1S/C14H23NO4S/c1-12(2)8-5-9(12)14(7-11(16)18-15-20)10(6-8)17-13(3,4)19-14/h8-10,15,20H,5-7H2,1-4H3/t8?,9?,10?,14-/m1/s1. The second kappa shape index (κ2) is 4.35. The maximum atomic E-state index is 12.0. The van der Waals surface area contributed by atoms with Crippen LogP contribution in [-0.2, 0) is 19.1 Å². The lowest BCUT2D eigenvalue weighted by Gasteiger charge is -2.64. The molecule has 3 aliphatic carbocycles. The molecular weight excluding hydrogens is 278 g/mol. The molecule has 0 radical (unpaired) electrons. The van der Waals surface area contributed by atoms with Crippen LogP contribution >= 0.6 is 12.8 Å². The minimum absolute atomic E-state index is 0.0262. The summed E-state index contributed by atoms with van der Waals surface area (Å²) in [4.78, 5) is 18.9. The van der Waals surface area contributed by atoms with Crippen molar-refractivity contribution in [1.82, 2.24) is 4.89 Å². The van der Waals surface area contributed by atoms with Crippen LogP contribution in [0, 0.1) is 17.3 Å². The second-order valence-electron chi connectivity index (χ2n) is 7.35. The molecule has 5 nitrogen and oxygen atoms in total. The second-order valence-corrected chi connectivity index (χ2v) is 7.53. The van der Waals surface area contributed by atoms with E-state index in [0.717, 1.165) is 12.8 Å². The maximum absolute atomic E-state index is 12.0. The minimum atomic E-state index is -0.646. The average Bonchev–Trinajstić information content (AvgIpc) is 2.57. The van der Waals surface area contributed by atoms with Crippen molar-refractivity contribution in [3.63, 3.8) is 0 Å². The SMILES string of the molecule is CC1(C)OC2CC3CC(C3(C)C)[C@@]2(CC(=O)ONS)O1. The van der Waals surface area contributed by atoms with Crippen LogP contribution in [0.4, 0.5) is 0 Å². The molecule has 4 rings (SSSR count). The summed E-state index contributed by atoms with van der Waals surface area (Å²) in [6, 6.07) is 0. The van der Waals surface area contributed by atoms with Crippen LogP contribution in [0.3, 0.4) is 0 Å². The number of rotatable bonds is 3. The molecule has 1 N–H and O–H groups in total. The number of carbonyl (C=O) groups excluding carboxylic acids is 1. The van der Waals surface area contributed by atoms with Crippen molar-refractivity contribution in [3.05, 3.63) is 0 Å². The van der Waals surface area contributed by atoms with Gasteiger partial charge in [0.2, 0.25) is 0 Å². The van der Waals surface area contributed by atoms with Crippen molar-refractivity contribution in [2.75, 3.05) is 0 Å². The van der Waals surface area contributed by atoms with E-state index >= 15 is 0 Å². The normalized spacial score (nSPS) is 43.5. The Morgan fingerprint density at radius 3 is 2.65 bits per heavy atom. The van der Waals surface area contributed by atoms with Gasteiger partial charge in [0.05, 0.1) is 12.5 Å². The summed E-state index contributed by atoms with van der Waals surface area (Å²) in [7, 11) is 0. The summed E-state index contributed by atoms with van der Waals surface area (Å²) in [6.07, 6.45) is 2.23. The molecule has 4 aliphatic rings. The molecular formula is C14H23NO4S. The van der Waals surface area contributed by atoms with E-state index in [1.807, 2.05) is 13.8 Å². The van der Waals surface area contributed by atoms with Crippen LogP contribution in [0.1, 0.15) is 47.0 Å². The number of carbonyl (C=O) groups is 1. The molecule has 1 aliphatic heterocycles. The number of ether oxygens (including phenoxy) is 2. The minimum Gasteiger partial charge on any atom is -0.360 e. The van der Waals surface area contributed by atoms with E-state index in [4.69, 9.17) is 14.3 Å². The van der Waals surface area contributed by atoms with Crippen molar-refractivity contribution in [3.8, 4) is 0 Å². The van der Waals surface area contributed by atoms with Crippen LogP contribution in [-0.4, -0.2) is 23.5 Å². The van der Waals surface area contributed by atoms with Gasteiger partial charge in [0, 0.05) is 0 Å². The first kappa shape index (κ1) is 14.6. The smallest absolute Gasteiger partial charge is 0.328 e. The highest BCUT2D eigenvalue weighted by Crippen LogP contribution is 2.67. The third kappa shape index (κ3) is 1.92. The fourth-order valence-electron chi connectivity index (χ4n) is 4.62. The van der Waals surface area contributed by atoms with Crippen molar-refractivity contribution in [1.29, 1.82) is 0 Å². The third-order valence-electron chi connectivity index (χ3n) is 5.55. The van der Waals surface area contributed by atoms with E-state index in [1.54, 1.807) is 0 Å². The molecule has 3 saturated carbocycles. The van der Waals surface area contributed by atoms with Crippen molar-refractivity contribution in [2.24, 2.45) is 17.3 Å². The highest BCUT2D eigenvalue weighted by Gasteiger charge is 2.71. The lowest BCUT2D eigenvalue weighted by atomic mass is 9.43. The van der Waals surface area contributed by atoms with Crippen molar-refractivity contribution in [2.45, 2.75) is 64.4 Å². The van der Waals surface area contributed by atoms with Gasteiger partial charge in [-0.15, -0.1) is 0 Å². The third-order valence-corrected chi connectivity index (χ3v) is 5.64. The van der Waals surface area contributed by atoms with Gasteiger partial charge in [-0.05, 0) is 43.9 Å². The van der Waals surface area contributed by atoms with Gasteiger partial charge in [-0.25, -0.2) is 0 Å². The first-order valence-corrected chi connectivity index (χ1v) is 7.63. The lowest BCUT2D eigenvalue weighted by Crippen LogP contribution is -2.67. The molecule has 0 spiro atoms.